The van der Waals surface area contributed by atoms with Crippen LogP contribution < -0.4 is 5.73 Å². The summed E-state index contributed by atoms with van der Waals surface area (Å²) in [5.41, 5.74) is 6.93. The van der Waals surface area contributed by atoms with Gasteiger partial charge in [-0.3, -0.25) is 9.78 Å². The van der Waals surface area contributed by atoms with Gasteiger partial charge in [0.05, 0.1) is 5.69 Å². The summed E-state index contributed by atoms with van der Waals surface area (Å²) in [6.07, 6.45) is 3.62. The summed E-state index contributed by atoms with van der Waals surface area (Å²) in [6, 6.07) is 1.76. The van der Waals surface area contributed by atoms with Crippen molar-refractivity contribution in [1.82, 2.24) is 4.98 Å². The molecule has 3 heteroatoms. The molecule has 1 heterocycles. The number of nitrogens with two attached hydrogens (primary N) is 1. The lowest BCUT2D eigenvalue weighted by Gasteiger charge is -1.96. The summed E-state index contributed by atoms with van der Waals surface area (Å²) in [4.78, 5) is 14.5. The number of carbonyl (C=O) groups is 1. The van der Waals surface area contributed by atoms with Crippen molar-refractivity contribution in [3.8, 4) is 0 Å². The molecule has 0 saturated carbocycles. The average Bonchev–Trinajstić information content (AvgIpc) is 1.85. The van der Waals surface area contributed by atoms with Gasteiger partial charge in [-0.05, 0) is 18.6 Å². The van der Waals surface area contributed by atoms with Gasteiger partial charge in [0.2, 0.25) is 0 Å². The zero-order valence-electron chi connectivity index (χ0n) is 6.37. The highest BCUT2D eigenvalue weighted by Gasteiger charge is 1.97. The Balaban J connectivity index is 2.79. The normalized spacial score (nSPS) is 9.55. The standard InChI is InChI=1S/C8H10N2O/c1-6(11)2-7-3-8(9)5-10-4-7/h3-5H,2,9H2,1H3. The second kappa shape index (κ2) is 3.14. The molecule has 0 radical (unpaired) electrons. The van der Waals surface area contributed by atoms with Crippen LogP contribution in [-0.2, 0) is 11.2 Å². The van der Waals surface area contributed by atoms with Crippen LogP contribution in [0.4, 0.5) is 5.69 Å². The van der Waals surface area contributed by atoms with Crippen molar-refractivity contribution in [2.45, 2.75) is 13.3 Å². The maximum absolute atomic E-state index is 10.7. The van der Waals surface area contributed by atoms with E-state index in [1.807, 2.05) is 0 Å². The number of pyridine rings is 1. The fourth-order valence-corrected chi connectivity index (χ4v) is 0.892. The van der Waals surface area contributed by atoms with Gasteiger partial charge in [0.1, 0.15) is 5.78 Å². The number of anilines is 1. The fourth-order valence-electron chi connectivity index (χ4n) is 0.892. The predicted octanol–water partition coefficient (Wildman–Crippen LogP) is 0.795. The van der Waals surface area contributed by atoms with E-state index in [0.29, 0.717) is 12.1 Å². The number of ketones is 1. The second-order valence-electron chi connectivity index (χ2n) is 2.51. The molecule has 1 rings (SSSR count). The first kappa shape index (κ1) is 7.72. The molecule has 0 atom stereocenters. The first-order valence-electron chi connectivity index (χ1n) is 3.37. The van der Waals surface area contributed by atoms with Crippen molar-refractivity contribution in [2.75, 3.05) is 5.73 Å². The Labute approximate surface area is 65.2 Å². The number of rotatable bonds is 2. The molecule has 2 N–H and O–H groups in total. The van der Waals surface area contributed by atoms with Crippen molar-refractivity contribution in [1.29, 1.82) is 0 Å². The largest absolute Gasteiger partial charge is 0.397 e. The lowest BCUT2D eigenvalue weighted by Crippen LogP contribution is -1.98. The molecule has 58 valence electrons. The Bertz CT molecular complexity index is 271. The molecule has 0 aliphatic heterocycles. The first-order valence-corrected chi connectivity index (χ1v) is 3.37. The fraction of sp³-hybridized carbons (Fsp3) is 0.250. The quantitative estimate of drug-likeness (QED) is 0.678. The zero-order chi connectivity index (χ0) is 8.27. The number of carbonyl (C=O) groups excluding carboxylic acids is 1. The summed E-state index contributed by atoms with van der Waals surface area (Å²) >= 11 is 0. The Morgan fingerprint density at radius 1 is 1.64 bits per heavy atom. The van der Waals surface area contributed by atoms with Crippen LogP contribution in [0.2, 0.25) is 0 Å². The van der Waals surface area contributed by atoms with Crippen LogP contribution in [0.3, 0.4) is 0 Å². The van der Waals surface area contributed by atoms with Crippen molar-refractivity contribution in [3.05, 3.63) is 24.0 Å². The van der Waals surface area contributed by atoms with Gasteiger partial charge < -0.3 is 5.73 Å². The monoisotopic (exact) mass is 150 g/mol. The van der Waals surface area contributed by atoms with E-state index in [9.17, 15) is 4.79 Å². The molecule has 0 saturated heterocycles. The average molecular weight is 150 g/mol. The van der Waals surface area contributed by atoms with Gasteiger partial charge in [0.25, 0.3) is 0 Å². The molecule has 0 unspecified atom stereocenters. The van der Waals surface area contributed by atoms with E-state index in [4.69, 9.17) is 5.73 Å². The smallest absolute Gasteiger partial charge is 0.134 e. The SMILES string of the molecule is CC(=O)Cc1cncc(N)c1. The van der Waals surface area contributed by atoms with E-state index < -0.39 is 0 Å². The number of hydrogen-bond donors (Lipinski definition) is 1. The van der Waals surface area contributed by atoms with E-state index >= 15 is 0 Å². The first-order chi connectivity index (χ1) is 5.18. The maximum Gasteiger partial charge on any atom is 0.134 e. The number of hydrogen-bond acceptors (Lipinski definition) is 3. The highest BCUT2D eigenvalue weighted by Crippen LogP contribution is 2.04. The van der Waals surface area contributed by atoms with Gasteiger partial charge in [-0.15, -0.1) is 0 Å². The molecule has 3 nitrogen and oxygen atoms in total. The van der Waals surface area contributed by atoms with Crippen LogP contribution in [0.1, 0.15) is 12.5 Å². The van der Waals surface area contributed by atoms with Crippen LogP contribution in [0.25, 0.3) is 0 Å². The van der Waals surface area contributed by atoms with Crippen LogP contribution in [0.15, 0.2) is 18.5 Å². The minimum absolute atomic E-state index is 0.123. The molecular formula is C8H10N2O. The number of nitrogens with zero attached hydrogens (tertiary/aromatic N) is 1. The van der Waals surface area contributed by atoms with Gasteiger partial charge in [0, 0.05) is 18.8 Å². The molecule has 1 aromatic rings. The molecule has 0 amide bonds. The van der Waals surface area contributed by atoms with Gasteiger partial charge in [-0.25, -0.2) is 0 Å². The van der Waals surface area contributed by atoms with E-state index in [1.54, 1.807) is 25.4 Å². The molecule has 0 aliphatic carbocycles. The van der Waals surface area contributed by atoms with E-state index in [1.165, 1.54) is 0 Å². The Morgan fingerprint density at radius 3 is 2.91 bits per heavy atom. The molecule has 0 aliphatic rings. The lowest BCUT2D eigenvalue weighted by atomic mass is 10.1. The predicted molar refractivity (Wildman–Crippen MR) is 43.0 cm³/mol. The van der Waals surface area contributed by atoms with E-state index in [-0.39, 0.29) is 5.78 Å². The number of nitrogen functional groups attached to an aromatic ring is 1. The molecule has 11 heavy (non-hydrogen) atoms. The Morgan fingerprint density at radius 2 is 2.36 bits per heavy atom. The van der Waals surface area contributed by atoms with Crippen LogP contribution in [-0.4, -0.2) is 10.8 Å². The molecule has 0 bridgehead atoms. The van der Waals surface area contributed by atoms with Crippen molar-refractivity contribution in [2.24, 2.45) is 0 Å². The van der Waals surface area contributed by atoms with Crippen LogP contribution in [0, 0.1) is 0 Å². The Kier molecular flexibility index (Phi) is 2.21. The summed E-state index contributed by atoms with van der Waals surface area (Å²) < 4.78 is 0. The minimum Gasteiger partial charge on any atom is -0.397 e. The van der Waals surface area contributed by atoms with Crippen molar-refractivity contribution >= 4 is 11.5 Å². The van der Waals surface area contributed by atoms with Gasteiger partial charge in [-0.1, -0.05) is 0 Å². The second-order valence-corrected chi connectivity index (χ2v) is 2.51. The third-order valence-electron chi connectivity index (χ3n) is 1.27. The summed E-state index contributed by atoms with van der Waals surface area (Å²) in [6.45, 7) is 1.54. The highest BCUT2D eigenvalue weighted by atomic mass is 16.1. The molecule has 0 aromatic carbocycles. The van der Waals surface area contributed by atoms with Crippen LogP contribution >= 0.6 is 0 Å². The third-order valence-corrected chi connectivity index (χ3v) is 1.27. The Hall–Kier alpha value is -1.38. The molecular weight excluding hydrogens is 140 g/mol. The van der Waals surface area contributed by atoms with Gasteiger partial charge in [-0.2, -0.15) is 0 Å². The minimum atomic E-state index is 0.123. The zero-order valence-corrected chi connectivity index (χ0v) is 6.37. The lowest BCUT2D eigenvalue weighted by molar-refractivity contribution is -0.116. The van der Waals surface area contributed by atoms with E-state index in [2.05, 4.69) is 4.98 Å². The topological polar surface area (TPSA) is 56.0 Å². The van der Waals surface area contributed by atoms with Crippen LogP contribution in [0.5, 0.6) is 0 Å². The summed E-state index contributed by atoms with van der Waals surface area (Å²) in [5.74, 6) is 0.123. The number of aromatic nitrogens is 1. The molecule has 0 spiro atoms. The van der Waals surface area contributed by atoms with Gasteiger partial charge in [0.15, 0.2) is 0 Å². The highest BCUT2D eigenvalue weighted by molar-refractivity contribution is 5.78. The number of Topliss-reactive ketones (excluding diaryl/α,β-unsaturated/α-hetero) is 1. The van der Waals surface area contributed by atoms with Gasteiger partial charge >= 0.3 is 0 Å². The van der Waals surface area contributed by atoms with E-state index in [0.717, 1.165) is 5.56 Å². The van der Waals surface area contributed by atoms with Crippen molar-refractivity contribution in [3.63, 3.8) is 0 Å². The molecule has 0 fully saturated rings. The molecule has 1 aromatic heterocycles. The maximum atomic E-state index is 10.7. The van der Waals surface area contributed by atoms with Crippen molar-refractivity contribution < 1.29 is 4.79 Å². The third kappa shape index (κ3) is 2.37. The summed E-state index contributed by atoms with van der Waals surface area (Å²) in [7, 11) is 0. The summed E-state index contributed by atoms with van der Waals surface area (Å²) in [5, 5.41) is 0.